The molecule has 1 aliphatic carbocycles. The van der Waals surface area contributed by atoms with Crippen molar-refractivity contribution in [1.82, 2.24) is 0 Å². The summed E-state index contributed by atoms with van der Waals surface area (Å²) in [5.74, 6) is 0.103. The van der Waals surface area contributed by atoms with E-state index in [1.54, 1.807) is 0 Å². The van der Waals surface area contributed by atoms with Crippen LogP contribution in [0.3, 0.4) is 0 Å². The summed E-state index contributed by atoms with van der Waals surface area (Å²) in [4.78, 5) is 0. The van der Waals surface area contributed by atoms with Crippen LogP contribution in [0.5, 0.6) is 0 Å². The third kappa shape index (κ3) is 1.70. The molecule has 0 radical (unpaired) electrons. The second-order valence-corrected chi connectivity index (χ2v) is 5.69. The predicted molar refractivity (Wildman–Crippen MR) is 65.9 cm³/mol. The smallest absolute Gasteiger partial charge is 0.137 e. The van der Waals surface area contributed by atoms with Gasteiger partial charge < -0.3 is 5.11 Å². The summed E-state index contributed by atoms with van der Waals surface area (Å²) in [6, 6.07) is 5.14. The fraction of sp³-hybridized carbons (Fsp3) is 0.538. The molecule has 0 amide bonds. The number of aliphatic hydroxyl groups is 1. The average molecular weight is 287 g/mol. The summed E-state index contributed by atoms with van der Waals surface area (Å²) < 4.78 is 13.6. The Kier molecular flexibility index (Phi) is 3.10. The summed E-state index contributed by atoms with van der Waals surface area (Å²) in [7, 11) is 0. The van der Waals surface area contributed by atoms with Gasteiger partial charge in [0.05, 0.1) is 10.6 Å². The number of hydrogen-bond acceptors (Lipinski definition) is 1. The van der Waals surface area contributed by atoms with Gasteiger partial charge in [-0.15, -0.1) is 0 Å². The van der Waals surface area contributed by atoms with Crippen LogP contribution in [0.25, 0.3) is 0 Å². The van der Waals surface area contributed by atoms with Gasteiger partial charge in [0.2, 0.25) is 0 Å². The number of aliphatic hydroxyl groups excluding tert-OH is 1. The first kappa shape index (κ1) is 12.1. The molecule has 16 heavy (non-hydrogen) atoms. The lowest BCUT2D eigenvalue weighted by molar-refractivity contribution is -0.0778. The van der Waals surface area contributed by atoms with E-state index in [9.17, 15) is 9.50 Å². The number of hydrogen-bond donors (Lipinski definition) is 1. The Balaban J connectivity index is 2.29. The molecule has 2 rings (SSSR count). The molecule has 0 aromatic heterocycles. The first-order valence-corrected chi connectivity index (χ1v) is 6.41. The number of rotatable bonds is 2. The van der Waals surface area contributed by atoms with Crippen LogP contribution in [-0.4, -0.2) is 11.2 Å². The predicted octanol–water partition coefficient (Wildman–Crippen LogP) is 3.85. The fourth-order valence-electron chi connectivity index (χ4n) is 2.56. The normalized spacial score (nSPS) is 33.6. The van der Waals surface area contributed by atoms with Crippen molar-refractivity contribution in [2.45, 2.75) is 38.7 Å². The van der Waals surface area contributed by atoms with Crippen molar-refractivity contribution in [3.63, 3.8) is 0 Å². The molecule has 1 N–H and O–H groups in total. The topological polar surface area (TPSA) is 20.2 Å². The molecule has 0 aliphatic heterocycles. The highest BCUT2D eigenvalue weighted by Crippen LogP contribution is 2.55. The molecule has 1 aromatic carbocycles. The van der Waals surface area contributed by atoms with Crippen molar-refractivity contribution in [2.75, 3.05) is 0 Å². The molecular weight excluding hydrogens is 271 g/mol. The molecule has 1 nitrogen and oxygen atoms in total. The number of halogens is 2. The van der Waals surface area contributed by atoms with E-state index in [1.807, 2.05) is 12.1 Å². The Morgan fingerprint density at radius 2 is 2.25 bits per heavy atom. The van der Waals surface area contributed by atoms with E-state index >= 15 is 0 Å². The van der Waals surface area contributed by atoms with Crippen molar-refractivity contribution < 1.29 is 9.50 Å². The summed E-state index contributed by atoms with van der Waals surface area (Å²) in [5, 5.41) is 9.84. The van der Waals surface area contributed by atoms with Gasteiger partial charge in [0.15, 0.2) is 0 Å². The van der Waals surface area contributed by atoms with E-state index < -0.39 is 0 Å². The zero-order valence-corrected chi connectivity index (χ0v) is 11.1. The van der Waals surface area contributed by atoms with Crippen molar-refractivity contribution in [3.05, 3.63) is 34.1 Å². The van der Waals surface area contributed by atoms with Crippen molar-refractivity contribution in [2.24, 2.45) is 5.41 Å². The van der Waals surface area contributed by atoms with Crippen LogP contribution in [0.1, 0.15) is 38.2 Å². The molecule has 3 unspecified atom stereocenters. The molecule has 0 spiro atoms. The monoisotopic (exact) mass is 286 g/mol. The maximum atomic E-state index is 13.1. The first-order chi connectivity index (χ1) is 7.49. The molecule has 88 valence electrons. The molecule has 3 atom stereocenters. The van der Waals surface area contributed by atoms with Crippen LogP contribution in [0.2, 0.25) is 0 Å². The Hall–Kier alpha value is -0.410. The van der Waals surface area contributed by atoms with Gasteiger partial charge in [-0.1, -0.05) is 19.9 Å². The quantitative estimate of drug-likeness (QED) is 0.876. The lowest BCUT2D eigenvalue weighted by Gasteiger charge is -2.51. The molecule has 1 aromatic rings. The minimum absolute atomic E-state index is 0.0583. The average Bonchev–Trinajstić information content (AvgIpc) is 2.28. The van der Waals surface area contributed by atoms with Crippen molar-refractivity contribution in [3.8, 4) is 0 Å². The van der Waals surface area contributed by atoms with Gasteiger partial charge in [0.25, 0.3) is 0 Å². The molecule has 1 fully saturated rings. The summed E-state index contributed by atoms with van der Waals surface area (Å²) in [6.45, 7) is 4.19. The van der Waals surface area contributed by atoms with E-state index in [1.165, 1.54) is 6.07 Å². The minimum Gasteiger partial charge on any atom is -0.393 e. The Morgan fingerprint density at radius 1 is 1.56 bits per heavy atom. The van der Waals surface area contributed by atoms with E-state index in [0.717, 1.165) is 18.4 Å². The summed E-state index contributed by atoms with van der Waals surface area (Å²) >= 11 is 3.20. The highest BCUT2D eigenvalue weighted by molar-refractivity contribution is 9.10. The third-order valence-corrected chi connectivity index (χ3v) is 4.73. The van der Waals surface area contributed by atoms with E-state index in [-0.39, 0.29) is 17.3 Å². The number of benzene rings is 1. The van der Waals surface area contributed by atoms with E-state index in [2.05, 4.69) is 29.8 Å². The van der Waals surface area contributed by atoms with Crippen LogP contribution in [-0.2, 0) is 0 Å². The molecule has 1 aliphatic rings. The van der Waals surface area contributed by atoms with Crippen LogP contribution in [0, 0.1) is 11.2 Å². The van der Waals surface area contributed by atoms with Crippen LogP contribution in [0.15, 0.2) is 22.7 Å². The highest BCUT2D eigenvalue weighted by Gasteiger charge is 2.50. The Labute approximate surface area is 104 Å². The largest absolute Gasteiger partial charge is 0.393 e. The Bertz CT molecular complexity index is 407. The van der Waals surface area contributed by atoms with Gasteiger partial charge in [0, 0.05) is 5.41 Å². The molecule has 0 saturated heterocycles. The lowest BCUT2D eigenvalue weighted by Crippen LogP contribution is -2.49. The maximum Gasteiger partial charge on any atom is 0.137 e. The Morgan fingerprint density at radius 3 is 2.75 bits per heavy atom. The van der Waals surface area contributed by atoms with Gasteiger partial charge in [0.1, 0.15) is 5.82 Å². The zero-order chi connectivity index (χ0) is 11.9. The molecule has 1 saturated carbocycles. The fourth-order valence-corrected chi connectivity index (χ4v) is 2.96. The van der Waals surface area contributed by atoms with Gasteiger partial charge in [-0.25, -0.2) is 4.39 Å². The van der Waals surface area contributed by atoms with Gasteiger partial charge >= 0.3 is 0 Å². The van der Waals surface area contributed by atoms with E-state index in [4.69, 9.17) is 0 Å². The van der Waals surface area contributed by atoms with Gasteiger partial charge in [-0.2, -0.15) is 0 Å². The maximum absolute atomic E-state index is 13.1. The van der Waals surface area contributed by atoms with Crippen molar-refractivity contribution >= 4 is 15.9 Å². The minimum atomic E-state index is -0.234. The standard InChI is InChI=1S/C13H16BrFO/c1-3-13(2)9(7-12(13)16)8-4-5-11(15)10(14)6-8/h4-6,9,12,16H,3,7H2,1-2H3. The highest BCUT2D eigenvalue weighted by atomic mass is 79.9. The van der Waals surface area contributed by atoms with Gasteiger partial charge in [-0.3, -0.25) is 0 Å². The summed E-state index contributed by atoms with van der Waals surface area (Å²) in [6.07, 6.45) is 1.49. The second kappa shape index (κ2) is 4.11. The zero-order valence-electron chi connectivity index (χ0n) is 9.50. The third-order valence-electron chi connectivity index (χ3n) is 4.12. The molecule has 0 bridgehead atoms. The van der Waals surface area contributed by atoms with Crippen molar-refractivity contribution in [1.29, 1.82) is 0 Å². The summed E-state index contributed by atoms with van der Waals surface area (Å²) in [5.41, 5.74) is 1.06. The second-order valence-electron chi connectivity index (χ2n) is 4.84. The first-order valence-electron chi connectivity index (χ1n) is 5.62. The van der Waals surface area contributed by atoms with Crippen LogP contribution < -0.4 is 0 Å². The molecule has 3 heteroatoms. The lowest BCUT2D eigenvalue weighted by atomic mass is 9.55. The van der Waals surface area contributed by atoms with E-state index in [0.29, 0.717) is 10.4 Å². The van der Waals surface area contributed by atoms with Gasteiger partial charge in [-0.05, 0) is 52.4 Å². The molecular formula is C13H16BrFO. The SMILES string of the molecule is CCC1(C)C(O)CC1c1ccc(F)c(Br)c1. The molecule has 0 heterocycles. The van der Waals surface area contributed by atoms with Crippen LogP contribution in [0.4, 0.5) is 4.39 Å². The van der Waals surface area contributed by atoms with Crippen LogP contribution >= 0.6 is 15.9 Å².